The molecule has 0 aromatic carbocycles. The van der Waals surface area contributed by atoms with Gasteiger partial charge in [-0.2, -0.15) is 0 Å². The number of hydrogen-bond acceptors (Lipinski definition) is 8. The molecule has 0 unspecified atom stereocenters. The maximum atomic E-state index is 11.5. The Labute approximate surface area is 344 Å². The van der Waals surface area contributed by atoms with Crippen LogP contribution in [0.3, 0.4) is 0 Å². The Bertz CT molecular complexity index is 1110. The maximum Gasteiger partial charge on any atom is 0.164 e. The smallest absolute Gasteiger partial charge is 0.164 e. The van der Waals surface area contributed by atoms with Gasteiger partial charge >= 0.3 is 0 Å². The molecule has 0 aliphatic heterocycles. The molecule has 0 amide bonds. The van der Waals surface area contributed by atoms with Crippen molar-refractivity contribution in [1.82, 2.24) is 0 Å². The quantitative estimate of drug-likeness (QED) is 0.162. The normalized spacial score (nSPS) is 14.2. The monoisotopic (exact) mass is 826 g/mol. The zero-order valence-corrected chi connectivity index (χ0v) is 40.7. The van der Waals surface area contributed by atoms with Crippen LogP contribution in [0.15, 0.2) is 47.3 Å². The van der Waals surface area contributed by atoms with Gasteiger partial charge in [0.2, 0.25) is 0 Å². The number of aliphatic hydroxyl groups is 4. The van der Waals surface area contributed by atoms with Gasteiger partial charge in [-0.1, -0.05) is 166 Å². The number of aliphatic hydroxyl groups excluding tert-OH is 4. The maximum absolute atomic E-state index is 11.5. The number of carbonyl (C=O) groups is 4. The first-order valence-electron chi connectivity index (χ1n) is 18.0. The molecule has 0 saturated heterocycles. The number of rotatable bonds is 4. The molecule has 53 heavy (non-hydrogen) atoms. The third kappa shape index (κ3) is 29.7. The molecule has 0 aliphatic carbocycles. The second-order valence-corrected chi connectivity index (χ2v) is 21.6. The SMILES string of the molecule is CC(C)(C)C(=O)/C=C(/O)C(C)(C)C.CC(C)(C)C(=O)/C=C(/O)C(C)(C)C.CC(C)(C)C(=O)/C=C(/O)C(C)(C)C.CC(C)(C)C(=O)/C=C(/O)C(C)(C)C.[Zr]. The van der Waals surface area contributed by atoms with Crippen molar-refractivity contribution in [2.24, 2.45) is 43.3 Å². The van der Waals surface area contributed by atoms with E-state index in [0.29, 0.717) is 0 Å². The van der Waals surface area contributed by atoms with E-state index in [-0.39, 0.29) is 94.0 Å². The third-order valence-electron chi connectivity index (χ3n) is 7.10. The van der Waals surface area contributed by atoms with E-state index in [2.05, 4.69) is 0 Å². The Morgan fingerprint density at radius 3 is 0.415 bits per heavy atom. The van der Waals surface area contributed by atoms with Crippen molar-refractivity contribution in [2.75, 3.05) is 0 Å². The minimum atomic E-state index is -0.417. The van der Waals surface area contributed by atoms with Gasteiger partial charge in [0.25, 0.3) is 0 Å². The van der Waals surface area contributed by atoms with E-state index in [1.165, 1.54) is 24.3 Å². The van der Waals surface area contributed by atoms with Crippen LogP contribution in [0.5, 0.6) is 0 Å². The van der Waals surface area contributed by atoms with E-state index in [9.17, 15) is 39.6 Å². The van der Waals surface area contributed by atoms with Gasteiger partial charge in [0, 0.05) is 93.8 Å². The molecule has 4 N–H and O–H groups in total. The summed E-state index contributed by atoms with van der Waals surface area (Å²) in [4.78, 5) is 45.9. The van der Waals surface area contributed by atoms with E-state index in [1.807, 2.05) is 166 Å². The van der Waals surface area contributed by atoms with Crippen LogP contribution < -0.4 is 0 Å². The van der Waals surface area contributed by atoms with Gasteiger partial charge in [-0.05, 0) is 0 Å². The van der Waals surface area contributed by atoms with E-state index in [0.717, 1.165) is 0 Å². The molecular weight excluding hydrogens is 748 g/mol. The molecule has 0 radical (unpaired) electrons. The van der Waals surface area contributed by atoms with Gasteiger partial charge in [0.05, 0.1) is 0 Å². The first kappa shape index (κ1) is 60.0. The molecule has 0 rings (SSSR count). The first-order valence-corrected chi connectivity index (χ1v) is 18.0. The van der Waals surface area contributed by atoms with Crippen molar-refractivity contribution >= 4 is 23.1 Å². The van der Waals surface area contributed by atoms with Crippen molar-refractivity contribution < 1.29 is 65.8 Å². The molecule has 8 nitrogen and oxygen atoms in total. The average Bonchev–Trinajstić information content (AvgIpc) is 2.85. The van der Waals surface area contributed by atoms with Crippen molar-refractivity contribution in [1.29, 1.82) is 0 Å². The van der Waals surface area contributed by atoms with Gasteiger partial charge < -0.3 is 20.4 Å². The predicted molar refractivity (Wildman–Crippen MR) is 219 cm³/mol. The van der Waals surface area contributed by atoms with Crippen LogP contribution in [0.4, 0.5) is 0 Å². The summed E-state index contributed by atoms with van der Waals surface area (Å²) in [5, 5.41) is 38.2. The Hall–Kier alpha value is -2.28. The number of ketones is 4. The second kappa shape index (κ2) is 21.7. The average molecular weight is 828 g/mol. The zero-order valence-electron chi connectivity index (χ0n) is 38.2. The van der Waals surface area contributed by atoms with Crippen molar-refractivity contribution in [2.45, 2.75) is 166 Å². The number of hydrogen-bond donors (Lipinski definition) is 4. The molecule has 9 heteroatoms. The topological polar surface area (TPSA) is 149 Å². The van der Waals surface area contributed by atoms with Crippen LogP contribution in [0.2, 0.25) is 0 Å². The summed E-state index contributed by atoms with van der Waals surface area (Å²) in [6, 6.07) is 0. The Kier molecular flexibility index (Phi) is 24.6. The standard InChI is InChI=1S/4C11H20O2.Zr/c4*1-10(2,3)8(12)7-9(13)11(4,5)6;/h4*7,12H,1-6H3;/b4*8-7+;. The summed E-state index contributed by atoms with van der Waals surface area (Å²) in [7, 11) is 0. The summed E-state index contributed by atoms with van der Waals surface area (Å²) < 4.78 is 0. The fourth-order valence-corrected chi connectivity index (χ4v) is 2.23. The molecule has 0 heterocycles. The molecule has 0 aliphatic rings. The zero-order chi connectivity index (χ0) is 43.4. The summed E-state index contributed by atoms with van der Waals surface area (Å²) in [6.45, 7) is 44.5. The molecule has 0 saturated carbocycles. The van der Waals surface area contributed by atoms with Crippen molar-refractivity contribution in [3.05, 3.63) is 47.3 Å². The minimum absolute atomic E-state index is 0. The van der Waals surface area contributed by atoms with Crippen LogP contribution in [-0.2, 0) is 45.4 Å². The molecule has 0 aromatic heterocycles. The van der Waals surface area contributed by atoms with Gasteiger partial charge in [0.1, 0.15) is 23.0 Å². The largest absolute Gasteiger partial charge is 0.512 e. The molecule has 0 aromatic rings. The van der Waals surface area contributed by atoms with Crippen LogP contribution in [0, 0.1) is 43.3 Å². The third-order valence-corrected chi connectivity index (χ3v) is 7.10. The van der Waals surface area contributed by atoms with Gasteiger partial charge in [0.15, 0.2) is 23.1 Å². The summed E-state index contributed by atoms with van der Waals surface area (Å²) in [6.07, 6.45) is 5.33. The fraction of sp³-hybridized carbons (Fsp3) is 0.727. The molecule has 0 spiro atoms. The second-order valence-electron chi connectivity index (χ2n) is 21.6. The minimum Gasteiger partial charge on any atom is -0.512 e. The summed E-state index contributed by atoms with van der Waals surface area (Å²) in [5.41, 5.74) is -3.06. The molecule has 0 fully saturated rings. The van der Waals surface area contributed by atoms with Crippen molar-refractivity contribution in [3.63, 3.8) is 0 Å². The fourth-order valence-electron chi connectivity index (χ4n) is 2.23. The van der Waals surface area contributed by atoms with Crippen LogP contribution in [0.25, 0.3) is 0 Å². The molecular formula is C44H80O8Zr. The van der Waals surface area contributed by atoms with E-state index < -0.39 is 21.7 Å². The number of allylic oxidation sites excluding steroid dienone is 8. The van der Waals surface area contributed by atoms with Gasteiger partial charge in [-0.25, -0.2) is 0 Å². The van der Waals surface area contributed by atoms with Crippen molar-refractivity contribution in [3.8, 4) is 0 Å². The molecule has 0 atom stereocenters. The Morgan fingerprint density at radius 2 is 0.358 bits per heavy atom. The van der Waals surface area contributed by atoms with Crippen LogP contribution in [0.1, 0.15) is 166 Å². The Morgan fingerprint density at radius 1 is 0.264 bits per heavy atom. The van der Waals surface area contributed by atoms with Gasteiger partial charge in [-0.3, -0.25) is 19.2 Å². The summed E-state index contributed by atoms with van der Waals surface area (Å²) in [5.74, 6) is 0.416. The molecule has 308 valence electrons. The van der Waals surface area contributed by atoms with E-state index in [4.69, 9.17) is 0 Å². The van der Waals surface area contributed by atoms with E-state index in [1.54, 1.807) is 0 Å². The van der Waals surface area contributed by atoms with Gasteiger partial charge in [-0.15, -0.1) is 0 Å². The van der Waals surface area contributed by atoms with Crippen LogP contribution >= 0.6 is 0 Å². The molecule has 0 bridgehead atoms. The van der Waals surface area contributed by atoms with E-state index >= 15 is 0 Å². The predicted octanol–water partition coefficient (Wildman–Crippen LogP) is 12.4. The summed E-state index contributed by atoms with van der Waals surface area (Å²) >= 11 is 0. The van der Waals surface area contributed by atoms with Crippen LogP contribution in [-0.4, -0.2) is 43.6 Å². The number of carbonyl (C=O) groups excluding carboxylic acids is 4. The first-order chi connectivity index (χ1) is 22.2. The Balaban J connectivity index is -0.000000192.